The second-order valence-corrected chi connectivity index (χ2v) is 5.12. The van der Waals surface area contributed by atoms with E-state index in [2.05, 4.69) is 59.3 Å². The Morgan fingerprint density at radius 3 is 2.83 bits per heavy atom. The first-order valence-corrected chi connectivity index (χ1v) is 6.67. The lowest BCUT2D eigenvalue weighted by Gasteiger charge is -2.33. The van der Waals surface area contributed by atoms with Gasteiger partial charge in [0.05, 0.1) is 12.1 Å². The Morgan fingerprint density at radius 2 is 2.11 bits per heavy atom. The molecular weight excluding hydrogens is 220 g/mol. The van der Waals surface area contributed by atoms with Crippen molar-refractivity contribution in [2.24, 2.45) is 0 Å². The Balaban J connectivity index is 2.16. The minimum Gasteiger partial charge on any atom is -0.306 e. The molecule has 0 spiro atoms. The Labute approximate surface area is 110 Å². The van der Waals surface area contributed by atoms with Gasteiger partial charge in [-0.1, -0.05) is 36.3 Å². The highest BCUT2D eigenvalue weighted by Gasteiger charge is 2.30. The summed E-state index contributed by atoms with van der Waals surface area (Å²) in [6, 6.07) is 10.7. The summed E-state index contributed by atoms with van der Waals surface area (Å²) in [5.74, 6) is 6.17. The van der Waals surface area contributed by atoms with E-state index < -0.39 is 0 Å². The van der Waals surface area contributed by atoms with Crippen LogP contribution in [0.15, 0.2) is 30.3 Å². The fourth-order valence-electron chi connectivity index (χ4n) is 2.57. The Kier molecular flexibility index (Phi) is 4.41. The molecule has 18 heavy (non-hydrogen) atoms. The lowest BCUT2D eigenvalue weighted by molar-refractivity contribution is 0.242. The fraction of sp³-hybridized carbons (Fsp3) is 0.500. The van der Waals surface area contributed by atoms with Crippen LogP contribution in [0.4, 0.5) is 0 Å². The zero-order chi connectivity index (χ0) is 12.8. The molecule has 0 amide bonds. The van der Waals surface area contributed by atoms with Crippen molar-refractivity contribution in [2.45, 2.75) is 25.8 Å². The van der Waals surface area contributed by atoms with Gasteiger partial charge in [-0.3, -0.25) is 4.90 Å². The number of nitrogens with zero attached hydrogens (tertiary/aromatic N) is 1. The second-order valence-electron chi connectivity index (χ2n) is 5.12. The SMILES string of the molecule is CC#CCN1CCCNC(C)(c2ccccc2)C1. The zero-order valence-corrected chi connectivity index (χ0v) is 11.4. The van der Waals surface area contributed by atoms with E-state index in [4.69, 9.17) is 0 Å². The summed E-state index contributed by atoms with van der Waals surface area (Å²) in [5.41, 5.74) is 1.40. The first-order chi connectivity index (χ1) is 8.74. The molecule has 96 valence electrons. The van der Waals surface area contributed by atoms with Crippen LogP contribution >= 0.6 is 0 Å². The van der Waals surface area contributed by atoms with Crippen LogP contribution in [0.3, 0.4) is 0 Å². The van der Waals surface area contributed by atoms with Crippen molar-refractivity contribution in [3.8, 4) is 11.8 Å². The molecule has 0 bridgehead atoms. The van der Waals surface area contributed by atoms with Gasteiger partial charge >= 0.3 is 0 Å². The number of hydrogen-bond donors (Lipinski definition) is 1. The van der Waals surface area contributed by atoms with E-state index in [1.807, 2.05) is 6.92 Å². The van der Waals surface area contributed by atoms with E-state index >= 15 is 0 Å². The van der Waals surface area contributed by atoms with Gasteiger partial charge in [0.2, 0.25) is 0 Å². The highest BCUT2D eigenvalue weighted by Crippen LogP contribution is 2.23. The third-order valence-electron chi connectivity index (χ3n) is 3.60. The molecule has 1 heterocycles. The first-order valence-electron chi connectivity index (χ1n) is 6.67. The maximum Gasteiger partial charge on any atom is 0.0602 e. The maximum atomic E-state index is 3.69. The lowest BCUT2D eigenvalue weighted by Crippen LogP contribution is -2.46. The van der Waals surface area contributed by atoms with Gasteiger partial charge in [-0.25, -0.2) is 0 Å². The van der Waals surface area contributed by atoms with E-state index in [1.54, 1.807) is 0 Å². The van der Waals surface area contributed by atoms with Gasteiger partial charge in [0, 0.05) is 13.1 Å². The molecule has 1 aliphatic heterocycles. The molecule has 1 atom stereocenters. The summed E-state index contributed by atoms with van der Waals surface area (Å²) in [6.07, 6.45) is 1.19. The maximum absolute atomic E-state index is 3.69. The van der Waals surface area contributed by atoms with Crippen LogP contribution in [-0.2, 0) is 5.54 Å². The molecule has 0 aromatic heterocycles. The van der Waals surface area contributed by atoms with Gasteiger partial charge in [0.1, 0.15) is 0 Å². The van der Waals surface area contributed by atoms with Crippen molar-refractivity contribution in [2.75, 3.05) is 26.2 Å². The lowest BCUT2D eigenvalue weighted by atomic mass is 9.91. The van der Waals surface area contributed by atoms with Crippen LogP contribution in [0.1, 0.15) is 25.8 Å². The van der Waals surface area contributed by atoms with E-state index in [0.717, 1.165) is 26.2 Å². The normalized spacial score (nSPS) is 25.0. The first kappa shape index (κ1) is 13.1. The van der Waals surface area contributed by atoms with Crippen LogP contribution < -0.4 is 5.32 Å². The topological polar surface area (TPSA) is 15.3 Å². The van der Waals surface area contributed by atoms with E-state index in [0.29, 0.717) is 0 Å². The fourth-order valence-corrected chi connectivity index (χ4v) is 2.57. The smallest absolute Gasteiger partial charge is 0.0602 e. The molecule has 2 heteroatoms. The summed E-state index contributed by atoms with van der Waals surface area (Å²) < 4.78 is 0. The van der Waals surface area contributed by atoms with E-state index in [1.165, 1.54) is 12.0 Å². The van der Waals surface area contributed by atoms with Crippen molar-refractivity contribution in [3.63, 3.8) is 0 Å². The molecule has 1 fully saturated rings. The summed E-state index contributed by atoms with van der Waals surface area (Å²) >= 11 is 0. The summed E-state index contributed by atoms with van der Waals surface area (Å²) in [6.45, 7) is 8.30. The minimum absolute atomic E-state index is 0.0349. The van der Waals surface area contributed by atoms with Gasteiger partial charge in [-0.05, 0) is 32.4 Å². The van der Waals surface area contributed by atoms with Crippen molar-refractivity contribution in [3.05, 3.63) is 35.9 Å². The average molecular weight is 242 g/mol. The van der Waals surface area contributed by atoms with Gasteiger partial charge in [0.25, 0.3) is 0 Å². The van der Waals surface area contributed by atoms with Crippen molar-refractivity contribution in [1.82, 2.24) is 10.2 Å². The molecule has 1 aromatic rings. The molecule has 2 nitrogen and oxygen atoms in total. The highest BCUT2D eigenvalue weighted by atomic mass is 15.2. The quantitative estimate of drug-likeness (QED) is 0.800. The predicted octanol–water partition coefficient (Wildman–Crippen LogP) is 2.22. The number of hydrogen-bond acceptors (Lipinski definition) is 2. The monoisotopic (exact) mass is 242 g/mol. The number of nitrogens with one attached hydrogen (secondary N) is 1. The van der Waals surface area contributed by atoms with Gasteiger partial charge in [-0.2, -0.15) is 0 Å². The van der Waals surface area contributed by atoms with Gasteiger partial charge in [0.15, 0.2) is 0 Å². The van der Waals surface area contributed by atoms with Crippen LogP contribution in [0.2, 0.25) is 0 Å². The van der Waals surface area contributed by atoms with E-state index in [-0.39, 0.29) is 5.54 Å². The van der Waals surface area contributed by atoms with Crippen LogP contribution in [0, 0.1) is 11.8 Å². The van der Waals surface area contributed by atoms with Gasteiger partial charge < -0.3 is 5.32 Å². The number of benzene rings is 1. The largest absolute Gasteiger partial charge is 0.306 e. The van der Waals surface area contributed by atoms with E-state index in [9.17, 15) is 0 Å². The third-order valence-corrected chi connectivity index (χ3v) is 3.60. The Morgan fingerprint density at radius 1 is 1.33 bits per heavy atom. The Hall–Kier alpha value is -1.30. The van der Waals surface area contributed by atoms with Crippen molar-refractivity contribution in [1.29, 1.82) is 0 Å². The van der Waals surface area contributed by atoms with Crippen LogP contribution in [-0.4, -0.2) is 31.1 Å². The molecule has 1 unspecified atom stereocenters. The summed E-state index contributed by atoms with van der Waals surface area (Å²) in [5, 5.41) is 3.69. The molecule has 1 aromatic carbocycles. The van der Waals surface area contributed by atoms with Crippen LogP contribution in [0.5, 0.6) is 0 Å². The molecule has 1 aliphatic rings. The zero-order valence-electron chi connectivity index (χ0n) is 11.4. The second kappa shape index (κ2) is 6.04. The molecule has 2 rings (SSSR count). The summed E-state index contributed by atoms with van der Waals surface area (Å²) in [7, 11) is 0. The average Bonchev–Trinajstić information content (AvgIpc) is 2.60. The molecular formula is C16H22N2. The van der Waals surface area contributed by atoms with Crippen molar-refractivity contribution >= 4 is 0 Å². The summed E-state index contributed by atoms with van der Waals surface area (Å²) in [4.78, 5) is 2.45. The van der Waals surface area contributed by atoms with Crippen molar-refractivity contribution < 1.29 is 0 Å². The third kappa shape index (κ3) is 3.13. The van der Waals surface area contributed by atoms with Crippen LogP contribution in [0.25, 0.3) is 0 Å². The molecule has 0 aliphatic carbocycles. The minimum atomic E-state index is 0.0349. The molecule has 1 saturated heterocycles. The predicted molar refractivity (Wildman–Crippen MR) is 76.3 cm³/mol. The molecule has 1 N–H and O–H groups in total. The highest BCUT2D eigenvalue weighted by molar-refractivity contribution is 5.24. The molecule has 0 saturated carbocycles. The molecule has 0 radical (unpaired) electrons. The van der Waals surface area contributed by atoms with Gasteiger partial charge in [-0.15, -0.1) is 5.92 Å². The Bertz CT molecular complexity index is 429. The standard InChI is InChI=1S/C16H22N2/c1-3-4-12-18-13-8-11-17-16(2,14-18)15-9-6-5-7-10-15/h5-7,9-10,17H,8,11-14H2,1-2H3. The number of rotatable bonds is 2.